The summed E-state index contributed by atoms with van der Waals surface area (Å²) >= 11 is 0. The van der Waals surface area contributed by atoms with E-state index in [1.54, 1.807) is 0 Å². The van der Waals surface area contributed by atoms with Crippen LogP contribution in [0.15, 0.2) is 54.6 Å². The highest BCUT2D eigenvalue weighted by atomic mass is 16.2. The number of piperidine rings is 1. The van der Waals surface area contributed by atoms with E-state index < -0.39 is 5.41 Å². The predicted molar refractivity (Wildman–Crippen MR) is 111 cm³/mol. The van der Waals surface area contributed by atoms with Crippen LogP contribution in [-0.2, 0) is 15.0 Å². The highest BCUT2D eigenvalue weighted by Crippen LogP contribution is 2.44. The number of carbonyl (C=O) groups excluding carboxylic acids is 2. The minimum Gasteiger partial charge on any atom is -0.371 e. The largest absolute Gasteiger partial charge is 0.371 e. The number of nitrogens with zero attached hydrogens (tertiary/aromatic N) is 1. The summed E-state index contributed by atoms with van der Waals surface area (Å²) in [6.45, 7) is 1.66. The first-order chi connectivity index (χ1) is 13.6. The maximum atomic E-state index is 13.0. The molecule has 1 aliphatic heterocycles. The van der Waals surface area contributed by atoms with Gasteiger partial charge in [-0.3, -0.25) is 9.59 Å². The van der Waals surface area contributed by atoms with Gasteiger partial charge in [-0.05, 0) is 55.5 Å². The Morgan fingerprint density at radius 2 is 1.61 bits per heavy atom. The fourth-order valence-corrected chi connectivity index (χ4v) is 4.36. The Kier molecular flexibility index (Phi) is 5.07. The van der Waals surface area contributed by atoms with Gasteiger partial charge < -0.3 is 16.0 Å². The standard InChI is InChI=1S/C23H27N3O2/c24-21(27)17-11-15-26(16-12-17)20-9-7-19(8-10-20)25-22(28)23(13-4-14-23)18-5-2-1-3-6-18/h1-3,5-10,17H,4,11-16H2,(H2,24,27)(H,25,28). The van der Waals surface area contributed by atoms with Crippen LogP contribution >= 0.6 is 0 Å². The smallest absolute Gasteiger partial charge is 0.235 e. The molecular weight excluding hydrogens is 350 g/mol. The van der Waals surface area contributed by atoms with Crippen molar-refractivity contribution in [1.82, 2.24) is 0 Å². The molecule has 2 amide bonds. The summed E-state index contributed by atoms with van der Waals surface area (Å²) < 4.78 is 0. The number of rotatable bonds is 5. The molecule has 4 rings (SSSR count). The monoisotopic (exact) mass is 377 g/mol. The SMILES string of the molecule is NC(=O)C1CCN(c2ccc(NC(=O)C3(c4ccccc4)CCC3)cc2)CC1. The molecule has 2 aromatic rings. The van der Waals surface area contributed by atoms with Crippen molar-refractivity contribution in [2.45, 2.75) is 37.5 Å². The van der Waals surface area contributed by atoms with E-state index in [-0.39, 0.29) is 17.7 Å². The zero-order valence-corrected chi connectivity index (χ0v) is 16.1. The zero-order valence-electron chi connectivity index (χ0n) is 16.1. The molecule has 0 aromatic heterocycles. The number of hydrogen-bond donors (Lipinski definition) is 2. The number of primary amides is 1. The van der Waals surface area contributed by atoms with Gasteiger partial charge in [0.15, 0.2) is 0 Å². The number of nitrogens with two attached hydrogens (primary N) is 1. The van der Waals surface area contributed by atoms with E-state index in [4.69, 9.17) is 5.73 Å². The quantitative estimate of drug-likeness (QED) is 0.838. The molecule has 1 aliphatic carbocycles. The Bertz CT molecular complexity index is 836. The molecule has 0 bridgehead atoms. The molecular formula is C23H27N3O2. The molecule has 1 heterocycles. The van der Waals surface area contributed by atoms with Crippen molar-refractivity contribution in [3.63, 3.8) is 0 Å². The van der Waals surface area contributed by atoms with E-state index in [9.17, 15) is 9.59 Å². The third-order valence-electron chi connectivity index (χ3n) is 6.36. The average molecular weight is 377 g/mol. The summed E-state index contributed by atoms with van der Waals surface area (Å²) in [5.74, 6) is -0.118. The van der Waals surface area contributed by atoms with Gasteiger partial charge in [0.05, 0.1) is 5.41 Å². The Balaban J connectivity index is 1.41. The summed E-state index contributed by atoms with van der Waals surface area (Å²) in [6, 6.07) is 18.1. The van der Waals surface area contributed by atoms with Crippen LogP contribution in [0.1, 0.15) is 37.7 Å². The lowest BCUT2D eigenvalue weighted by Gasteiger charge is -2.40. The molecule has 146 valence electrons. The highest BCUT2D eigenvalue weighted by Gasteiger charge is 2.45. The minimum absolute atomic E-state index is 0.00790. The maximum Gasteiger partial charge on any atom is 0.235 e. The van der Waals surface area contributed by atoms with Crippen molar-refractivity contribution < 1.29 is 9.59 Å². The second-order valence-corrected chi connectivity index (χ2v) is 7.97. The summed E-state index contributed by atoms with van der Waals surface area (Å²) in [7, 11) is 0. The summed E-state index contributed by atoms with van der Waals surface area (Å²) in [5, 5.41) is 3.12. The maximum absolute atomic E-state index is 13.0. The van der Waals surface area contributed by atoms with Crippen molar-refractivity contribution in [2.24, 2.45) is 11.7 Å². The van der Waals surface area contributed by atoms with Gasteiger partial charge in [-0.2, -0.15) is 0 Å². The van der Waals surface area contributed by atoms with E-state index in [0.717, 1.165) is 62.1 Å². The molecule has 28 heavy (non-hydrogen) atoms. The van der Waals surface area contributed by atoms with E-state index in [2.05, 4.69) is 22.3 Å². The number of carbonyl (C=O) groups is 2. The van der Waals surface area contributed by atoms with Crippen molar-refractivity contribution in [3.8, 4) is 0 Å². The van der Waals surface area contributed by atoms with Crippen LogP contribution in [0.5, 0.6) is 0 Å². The van der Waals surface area contributed by atoms with Crippen molar-refractivity contribution >= 4 is 23.2 Å². The molecule has 0 atom stereocenters. The van der Waals surface area contributed by atoms with Crippen LogP contribution in [0, 0.1) is 5.92 Å². The highest BCUT2D eigenvalue weighted by molar-refractivity contribution is 6.00. The topological polar surface area (TPSA) is 75.4 Å². The van der Waals surface area contributed by atoms with Gasteiger partial charge >= 0.3 is 0 Å². The Morgan fingerprint density at radius 3 is 2.14 bits per heavy atom. The molecule has 1 saturated carbocycles. The number of anilines is 2. The summed E-state index contributed by atoms with van der Waals surface area (Å²) in [5.41, 5.74) is 8.06. The number of hydrogen-bond acceptors (Lipinski definition) is 3. The summed E-state index contributed by atoms with van der Waals surface area (Å²) in [4.78, 5) is 26.6. The van der Waals surface area contributed by atoms with Crippen LogP contribution in [0.3, 0.4) is 0 Å². The van der Waals surface area contributed by atoms with Gasteiger partial charge in [-0.25, -0.2) is 0 Å². The molecule has 2 aromatic carbocycles. The second-order valence-electron chi connectivity index (χ2n) is 7.97. The number of nitrogens with one attached hydrogen (secondary N) is 1. The van der Waals surface area contributed by atoms with Crippen LogP contribution in [0.25, 0.3) is 0 Å². The number of amides is 2. The zero-order chi connectivity index (χ0) is 19.6. The Morgan fingerprint density at radius 1 is 0.964 bits per heavy atom. The first-order valence-electron chi connectivity index (χ1n) is 10.1. The van der Waals surface area contributed by atoms with E-state index in [0.29, 0.717) is 0 Å². The fourth-order valence-electron chi connectivity index (χ4n) is 4.36. The van der Waals surface area contributed by atoms with Gasteiger partial charge in [0.1, 0.15) is 0 Å². The lowest BCUT2D eigenvalue weighted by Crippen LogP contribution is -2.46. The molecule has 0 radical (unpaired) electrons. The molecule has 2 aliphatic rings. The molecule has 1 saturated heterocycles. The minimum atomic E-state index is -0.392. The predicted octanol–water partition coefficient (Wildman–Crippen LogP) is 3.45. The van der Waals surface area contributed by atoms with E-state index >= 15 is 0 Å². The van der Waals surface area contributed by atoms with Crippen LogP contribution in [0.2, 0.25) is 0 Å². The average Bonchev–Trinajstić information content (AvgIpc) is 2.69. The fraction of sp³-hybridized carbons (Fsp3) is 0.391. The molecule has 5 nitrogen and oxygen atoms in total. The van der Waals surface area contributed by atoms with Gasteiger partial charge in [0.2, 0.25) is 11.8 Å². The van der Waals surface area contributed by atoms with Crippen LogP contribution in [0.4, 0.5) is 11.4 Å². The molecule has 0 spiro atoms. The molecule has 0 unspecified atom stereocenters. The number of benzene rings is 2. The molecule has 5 heteroatoms. The van der Waals surface area contributed by atoms with Crippen molar-refractivity contribution in [2.75, 3.05) is 23.3 Å². The van der Waals surface area contributed by atoms with Crippen LogP contribution in [-0.4, -0.2) is 24.9 Å². The first-order valence-corrected chi connectivity index (χ1v) is 10.1. The third-order valence-corrected chi connectivity index (χ3v) is 6.36. The first kappa shape index (κ1) is 18.5. The van der Waals surface area contributed by atoms with Gasteiger partial charge in [-0.15, -0.1) is 0 Å². The van der Waals surface area contributed by atoms with Gasteiger partial charge in [-0.1, -0.05) is 36.8 Å². The lowest BCUT2D eigenvalue weighted by atomic mass is 9.64. The summed E-state index contributed by atoms with van der Waals surface area (Å²) in [6.07, 6.45) is 4.48. The Hall–Kier alpha value is -2.82. The normalized spacial score (nSPS) is 18.9. The van der Waals surface area contributed by atoms with Gasteiger partial charge in [0.25, 0.3) is 0 Å². The van der Waals surface area contributed by atoms with E-state index in [1.807, 2.05) is 42.5 Å². The Labute approximate surface area is 165 Å². The third kappa shape index (κ3) is 3.49. The molecule has 2 fully saturated rings. The van der Waals surface area contributed by atoms with Crippen LogP contribution < -0.4 is 16.0 Å². The second kappa shape index (κ2) is 7.66. The molecule has 3 N–H and O–H groups in total. The van der Waals surface area contributed by atoms with Crippen molar-refractivity contribution in [3.05, 3.63) is 60.2 Å². The lowest BCUT2D eigenvalue weighted by molar-refractivity contribution is -0.124. The van der Waals surface area contributed by atoms with Gasteiger partial charge in [0, 0.05) is 30.4 Å². The van der Waals surface area contributed by atoms with Crippen molar-refractivity contribution in [1.29, 1.82) is 0 Å². The van der Waals surface area contributed by atoms with E-state index in [1.165, 1.54) is 0 Å².